The molecule has 7 nitrogen and oxygen atoms in total. The van der Waals surface area contributed by atoms with Gasteiger partial charge in [0.05, 0.1) is 11.7 Å². The SMILES string of the molecule is O=C(NCc1cccnc1)c1ccc(N2CCCC2NCCc2ccccn2)nc1. The highest BCUT2D eigenvalue weighted by Gasteiger charge is 2.25. The van der Waals surface area contributed by atoms with Crippen molar-refractivity contribution < 1.29 is 4.79 Å². The molecule has 4 heterocycles. The Morgan fingerprint density at radius 3 is 2.80 bits per heavy atom. The number of rotatable bonds is 8. The maximum absolute atomic E-state index is 12.4. The molecule has 1 amide bonds. The first-order valence-electron chi connectivity index (χ1n) is 10.3. The molecule has 7 heteroatoms. The number of nitrogens with one attached hydrogen (secondary N) is 2. The lowest BCUT2D eigenvalue weighted by atomic mass is 10.2. The minimum absolute atomic E-state index is 0.135. The summed E-state index contributed by atoms with van der Waals surface area (Å²) in [4.78, 5) is 27.6. The minimum atomic E-state index is -0.135. The van der Waals surface area contributed by atoms with Crippen LogP contribution in [0, 0.1) is 0 Å². The Hall–Kier alpha value is -3.32. The van der Waals surface area contributed by atoms with Gasteiger partial charge >= 0.3 is 0 Å². The van der Waals surface area contributed by atoms with Crippen LogP contribution in [0.2, 0.25) is 0 Å². The van der Waals surface area contributed by atoms with E-state index in [0.717, 1.165) is 49.4 Å². The number of nitrogens with zero attached hydrogens (tertiary/aromatic N) is 4. The van der Waals surface area contributed by atoms with E-state index in [9.17, 15) is 4.79 Å². The quantitative estimate of drug-likeness (QED) is 0.603. The molecule has 1 atom stereocenters. The van der Waals surface area contributed by atoms with Crippen LogP contribution in [0.4, 0.5) is 5.82 Å². The monoisotopic (exact) mass is 402 g/mol. The standard InChI is InChI=1S/C23H26N6O/c30-23(28-16-18-5-3-11-24-15-18)19-8-9-22(27-17-19)29-14-4-7-21(29)26-13-10-20-6-1-2-12-25-20/h1-3,5-6,8-9,11-12,15,17,21,26H,4,7,10,13-14,16H2,(H,28,30). The van der Waals surface area contributed by atoms with Gasteiger partial charge in [0.2, 0.25) is 0 Å². The van der Waals surface area contributed by atoms with E-state index >= 15 is 0 Å². The van der Waals surface area contributed by atoms with Crippen molar-refractivity contribution in [3.63, 3.8) is 0 Å². The average molecular weight is 403 g/mol. The van der Waals surface area contributed by atoms with E-state index in [0.29, 0.717) is 12.1 Å². The Balaban J connectivity index is 1.30. The molecule has 3 aromatic rings. The van der Waals surface area contributed by atoms with Crippen molar-refractivity contribution >= 4 is 11.7 Å². The zero-order valence-electron chi connectivity index (χ0n) is 16.9. The molecule has 0 aliphatic carbocycles. The molecule has 1 aliphatic heterocycles. The fourth-order valence-electron chi connectivity index (χ4n) is 3.64. The first-order chi connectivity index (χ1) is 14.8. The Labute approximate surface area is 176 Å². The predicted molar refractivity (Wildman–Crippen MR) is 116 cm³/mol. The van der Waals surface area contributed by atoms with Gasteiger partial charge in [-0.2, -0.15) is 0 Å². The molecule has 1 saturated heterocycles. The van der Waals surface area contributed by atoms with Crippen LogP contribution in [0.15, 0.2) is 67.3 Å². The lowest BCUT2D eigenvalue weighted by molar-refractivity contribution is 0.0950. The molecule has 0 radical (unpaired) electrons. The first kappa shape index (κ1) is 20.0. The molecule has 0 aromatic carbocycles. The van der Waals surface area contributed by atoms with Gasteiger partial charge in [0.25, 0.3) is 5.91 Å². The minimum Gasteiger partial charge on any atom is -0.348 e. The van der Waals surface area contributed by atoms with Crippen molar-refractivity contribution in [2.45, 2.75) is 32.0 Å². The van der Waals surface area contributed by atoms with Crippen LogP contribution in [0.25, 0.3) is 0 Å². The van der Waals surface area contributed by atoms with Crippen molar-refractivity contribution in [1.29, 1.82) is 0 Å². The second-order valence-electron chi connectivity index (χ2n) is 7.33. The van der Waals surface area contributed by atoms with E-state index in [1.54, 1.807) is 18.6 Å². The summed E-state index contributed by atoms with van der Waals surface area (Å²) in [5.74, 6) is 0.760. The average Bonchev–Trinajstić information content (AvgIpc) is 3.27. The highest BCUT2D eigenvalue weighted by molar-refractivity contribution is 5.94. The molecule has 0 saturated carbocycles. The molecular weight excluding hydrogens is 376 g/mol. The number of carbonyl (C=O) groups is 1. The number of anilines is 1. The van der Waals surface area contributed by atoms with Gasteiger partial charge in [-0.1, -0.05) is 12.1 Å². The van der Waals surface area contributed by atoms with Crippen molar-refractivity contribution in [2.24, 2.45) is 0 Å². The van der Waals surface area contributed by atoms with Crippen molar-refractivity contribution in [3.8, 4) is 0 Å². The second-order valence-corrected chi connectivity index (χ2v) is 7.33. The van der Waals surface area contributed by atoms with Crippen LogP contribution in [0.3, 0.4) is 0 Å². The molecule has 4 rings (SSSR count). The second kappa shape index (κ2) is 9.93. The van der Waals surface area contributed by atoms with Gasteiger partial charge < -0.3 is 10.2 Å². The van der Waals surface area contributed by atoms with E-state index in [1.165, 1.54) is 0 Å². The first-order valence-corrected chi connectivity index (χ1v) is 10.3. The molecule has 3 aromatic heterocycles. The van der Waals surface area contributed by atoms with Crippen LogP contribution in [-0.4, -0.2) is 40.1 Å². The maximum atomic E-state index is 12.4. The zero-order chi connectivity index (χ0) is 20.6. The van der Waals surface area contributed by atoms with Gasteiger partial charge in [-0.25, -0.2) is 4.98 Å². The smallest absolute Gasteiger partial charge is 0.253 e. The van der Waals surface area contributed by atoms with Crippen LogP contribution in [0.1, 0.15) is 34.5 Å². The van der Waals surface area contributed by atoms with E-state index in [4.69, 9.17) is 0 Å². The molecule has 154 valence electrons. The number of pyridine rings is 3. The summed E-state index contributed by atoms with van der Waals surface area (Å²) in [6, 6.07) is 13.6. The molecule has 30 heavy (non-hydrogen) atoms. The van der Waals surface area contributed by atoms with Crippen LogP contribution >= 0.6 is 0 Å². The van der Waals surface area contributed by atoms with Gasteiger partial charge in [-0.05, 0) is 48.7 Å². The number of amides is 1. The van der Waals surface area contributed by atoms with Crippen molar-refractivity contribution in [1.82, 2.24) is 25.6 Å². The van der Waals surface area contributed by atoms with Gasteiger partial charge in [0.1, 0.15) is 5.82 Å². The topological polar surface area (TPSA) is 83.0 Å². The van der Waals surface area contributed by atoms with E-state index in [-0.39, 0.29) is 12.1 Å². The molecule has 1 fully saturated rings. The van der Waals surface area contributed by atoms with Crippen LogP contribution in [0.5, 0.6) is 0 Å². The van der Waals surface area contributed by atoms with Crippen molar-refractivity contribution in [2.75, 3.05) is 18.0 Å². The van der Waals surface area contributed by atoms with E-state index in [1.807, 2.05) is 48.7 Å². The molecule has 2 N–H and O–H groups in total. The summed E-state index contributed by atoms with van der Waals surface area (Å²) in [6.45, 7) is 2.27. The Morgan fingerprint density at radius 1 is 1.07 bits per heavy atom. The number of carbonyl (C=O) groups excluding carboxylic acids is 1. The summed E-state index contributed by atoms with van der Waals surface area (Å²) in [5.41, 5.74) is 2.61. The summed E-state index contributed by atoms with van der Waals surface area (Å²) in [7, 11) is 0. The molecular formula is C23H26N6O. The summed E-state index contributed by atoms with van der Waals surface area (Å²) < 4.78 is 0. The van der Waals surface area contributed by atoms with Crippen molar-refractivity contribution in [3.05, 3.63) is 84.1 Å². The third-order valence-corrected chi connectivity index (χ3v) is 5.22. The van der Waals surface area contributed by atoms with E-state index in [2.05, 4.69) is 30.5 Å². The largest absolute Gasteiger partial charge is 0.348 e. The maximum Gasteiger partial charge on any atom is 0.253 e. The Morgan fingerprint density at radius 2 is 2.03 bits per heavy atom. The number of aromatic nitrogens is 3. The van der Waals surface area contributed by atoms with Gasteiger partial charge in [0.15, 0.2) is 0 Å². The lowest BCUT2D eigenvalue weighted by Crippen LogP contribution is -2.42. The summed E-state index contributed by atoms with van der Waals surface area (Å²) in [6.07, 6.45) is 10.3. The van der Waals surface area contributed by atoms with Crippen LogP contribution in [-0.2, 0) is 13.0 Å². The van der Waals surface area contributed by atoms with Gasteiger partial charge in [-0.15, -0.1) is 0 Å². The molecule has 1 aliphatic rings. The van der Waals surface area contributed by atoms with Gasteiger partial charge in [-0.3, -0.25) is 20.1 Å². The highest BCUT2D eigenvalue weighted by Crippen LogP contribution is 2.22. The molecule has 0 spiro atoms. The fourth-order valence-corrected chi connectivity index (χ4v) is 3.64. The van der Waals surface area contributed by atoms with Crippen LogP contribution < -0.4 is 15.5 Å². The summed E-state index contributed by atoms with van der Waals surface area (Å²) in [5, 5.41) is 6.52. The predicted octanol–water partition coefficient (Wildman–Crippen LogP) is 2.56. The third kappa shape index (κ3) is 5.18. The lowest BCUT2D eigenvalue weighted by Gasteiger charge is -2.26. The zero-order valence-corrected chi connectivity index (χ0v) is 16.9. The Bertz CT molecular complexity index is 933. The van der Waals surface area contributed by atoms with Gasteiger partial charge in [0, 0.05) is 56.5 Å². The fraction of sp³-hybridized carbons (Fsp3) is 0.304. The number of hydrogen-bond acceptors (Lipinski definition) is 6. The normalized spacial score (nSPS) is 15.9. The highest BCUT2D eigenvalue weighted by atomic mass is 16.1. The third-order valence-electron chi connectivity index (χ3n) is 5.22. The molecule has 1 unspecified atom stereocenters. The Kier molecular flexibility index (Phi) is 6.61. The molecule has 0 bridgehead atoms. The van der Waals surface area contributed by atoms with E-state index < -0.39 is 0 Å². The number of hydrogen-bond donors (Lipinski definition) is 2. The summed E-state index contributed by atoms with van der Waals surface area (Å²) >= 11 is 0.